The van der Waals surface area contributed by atoms with Crippen LogP contribution in [0, 0.1) is 11.8 Å². The normalized spacial score (nSPS) is 29.0. The van der Waals surface area contributed by atoms with Gasteiger partial charge in [-0.05, 0) is 31.1 Å². The quantitative estimate of drug-likeness (QED) is 0.558. The van der Waals surface area contributed by atoms with Crippen LogP contribution in [0.15, 0.2) is 0 Å². The summed E-state index contributed by atoms with van der Waals surface area (Å²) in [4.78, 5) is 0.821. The molecule has 0 aliphatic heterocycles. The number of halogens is 1. The molecule has 0 bridgehead atoms. The van der Waals surface area contributed by atoms with E-state index in [-0.39, 0.29) is 0 Å². The van der Waals surface area contributed by atoms with Gasteiger partial charge in [-0.25, -0.2) is 0 Å². The van der Waals surface area contributed by atoms with Crippen molar-refractivity contribution in [3.8, 4) is 0 Å². The van der Waals surface area contributed by atoms with Gasteiger partial charge in [-0.2, -0.15) is 0 Å². The molecule has 3 unspecified atom stereocenters. The molecule has 1 fully saturated rings. The maximum atomic E-state index is 3.88. The highest BCUT2D eigenvalue weighted by Crippen LogP contribution is 2.35. The molecular weight excluding hydrogens is 248 g/mol. The van der Waals surface area contributed by atoms with Crippen molar-refractivity contribution in [2.45, 2.75) is 76.5 Å². The summed E-state index contributed by atoms with van der Waals surface area (Å²) in [6, 6.07) is 0. The molecule has 0 N–H and O–H groups in total. The fourth-order valence-corrected chi connectivity index (χ4v) is 3.64. The molecule has 90 valence electrons. The number of unbranched alkanes of at least 4 members (excludes halogenated alkanes) is 1. The van der Waals surface area contributed by atoms with Crippen molar-refractivity contribution in [3.05, 3.63) is 0 Å². The molecule has 1 rings (SSSR count). The zero-order valence-corrected chi connectivity index (χ0v) is 12.1. The smallest absolute Gasteiger partial charge is 0.0174 e. The fourth-order valence-electron chi connectivity index (χ4n) is 2.84. The number of hydrogen-bond donors (Lipinski definition) is 0. The van der Waals surface area contributed by atoms with Crippen LogP contribution in [0.25, 0.3) is 0 Å². The van der Waals surface area contributed by atoms with E-state index in [9.17, 15) is 0 Å². The summed E-state index contributed by atoms with van der Waals surface area (Å²) in [5.41, 5.74) is 0. The first kappa shape index (κ1) is 13.5. The summed E-state index contributed by atoms with van der Waals surface area (Å²) in [6.07, 6.45) is 12.9. The van der Waals surface area contributed by atoms with Gasteiger partial charge in [-0.1, -0.05) is 68.3 Å². The molecule has 0 radical (unpaired) electrons. The first-order valence-electron chi connectivity index (χ1n) is 6.92. The lowest BCUT2D eigenvalue weighted by Gasteiger charge is -2.30. The third kappa shape index (κ3) is 4.89. The average Bonchev–Trinajstić information content (AvgIpc) is 2.26. The van der Waals surface area contributed by atoms with E-state index in [0.717, 1.165) is 16.7 Å². The predicted molar refractivity (Wildman–Crippen MR) is 72.6 cm³/mol. The van der Waals surface area contributed by atoms with E-state index in [2.05, 4.69) is 29.8 Å². The fraction of sp³-hybridized carbons (Fsp3) is 1.00. The summed E-state index contributed by atoms with van der Waals surface area (Å²) < 4.78 is 0. The minimum atomic E-state index is 0.821. The summed E-state index contributed by atoms with van der Waals surface area (Å²) in [7, 11) is 0. The topological polar surface area (TPSA) is 0 Å². The van der Waals surface area contributed by atoms with Crippen LogP contribution in [0.2, 0.25) is 0 Å². The van der Waals surface area contributed by atoms with Crippen molar-refractivity contribution >= 4 is 15.9 Å². The highest BCUT2D eigenvalue weighted by molar-refractivity contribution is 9.09. The Hall–Kier alpha value is 0.480. The Balaban J connectivity index is 2.29. The molecule has 1 heteroatoms. The SMILES string of the molecule is CCCCC(CC)CC1CCCCC1Br. The van der Waals surface area contributed by atoms with Crippen molar-refractivity contribution in [1.82, 2.24) is 0 Å². The minimum Gasteiger partial charge on any atom is -0.0888 e. The van der Waals surface area contributed by atoms with Crippen LogP contribution in [0.4, 0.5) is 0 Å². The third-order valence-corrected chi connectivity index (χ3v) is 5.20. The van der Waals surface area contributed by atoms with Gasteiger partial charge in [0.1, 0.15) is 0 Å². The maximum Gasteiger partial charge on any atom is 0.0174 e. The summed E-state index contributed by atoms with van der Waals surface area (Å²) in [6.45, 7) is 4.67. The molecule has 3 atom stereocenters. The van der Waals surface area contributed by atoms with Crippen LogP contribution < -0.4 is 0 Å². The maximum absolute atomic E-state index is 3.88. The van der Waals surface area contributed by atoms with Crippen molar-refractivity contribution in [1.29, 1.82) is 0 Å². The number of hydrogen-bond acceptors (Lipinski definition) is 0. The highest BCUT2D eigenvalue weighted by atomic mass is 79.9. The van der Waals surface area contributed by atoms with E-state index in [1.165, 1.54) is 57.8 Å². The van der Waals surface area contributed by atoms with Crippen molar-refractivity contribution in [2.24, 2.45) is 11.8 Å². The second kappa shape index (κ2) is 7.70. The van der Waals surface area contributed by atoms with Crippen LogP contribution in [-0.2, 0) is 0 Å². The Bertz CT molecular complexity index is 155. The van der Waals surface area contributed by atoms with Gasteiger partial charge in [-0.3, -0.25) is 0 Å². The third-order valence-electron chi connectivity index (χ3n) is 4.00. The molecule has 1 aliphatic rings. The van der Waals surface area contributed by atoms with Gasteiger partial charge in [0.15, 0.2) is 0 Å². The molecule has 0 spiro atoms. The largest absolute Gasteiger partial charge is 0.0888 e. The molecule has 0 aromatic heterocycles. The molecule has 1 aliphatic carbocycles. The van der Waals surface area contributed by atoms with Gasteiger partial charge < -0.3 is 0 Å². The highest BCUT2D eigenvalue weighted by Gasteiger charge is 2.24. The molecule has 0 heterocycles. The van der Waals surface area contributed by atoms with E-state index in [1.807, 2.05) is 0 Å². The molecule has 0 aromatic rings. The van der Waals surface area contributed by atoms with Gasteiger partial charge in [0.25, 0.3) is 0 Å². The lowest BCUT2D eigenvalue weighted by molar-refractivity contribution is 0.281. The van der Waals surface area contributed by atoms with Crippen molar-refractivity contribution in [3.63, 3.8) is 0 Å². The zero-order valence-electron chi connectivity index (χ0n) is 10.5. The van der Waals surface area contributed by atoms with Crippen molar-refractivity contribution < 1.29 is 0 Å². The van der Waals surface area contributed by atoms with Crippen LogP contribution in [0.5, 0.6) is 0 Å². The molecule has 15 heavy (non-hydrogen) atoms. The molecule has 0 saturated heterocycles. The van der Waals surface area contributed by atoms with E-state index in [1.54, 1.807) is 0 Å². The first-order chi connectivity index (χ1) is 7.27. The Morgan fingerprint density at radius 2 is 1.93 bits per heavy atom. The van der Waals surface area contributed by atoms with Gasteiger partial charge in [0, 0.05) is 4.83 Å². The lowest BCUT2D eigenvalue weighted by Crippen LogP contribution is -2.22. The molecule has 0 nitrogen and oxygen atoms in total. The summed E-state index contributed by atoms with van der Waals surface area (Å²) >= 11 is 3.88. The van der Waals surface area contributed by atoms with E-state index in [0.29, 0.717) is 0 Å². The standard InChI is InChI=1S/C14H27Br/c1-3-5-8-12(4-2)11-13-9-6-7-10-14(13)15/h12-14H,3-11H2,1-2H3. The Morgan fingerprint density at radius 3 is 2.53 bits per heavy atom. The first-order valence-corrected chi connectivity index (χ1v) is 7.83. The second-order valence-corrected chi connectivity index (χ2v) is 6.39. The van der Waals surface area contributed by atoms with Gasteiger partial charge in [0.05, 0.1) is 0 Å². The Morgan fingerprint density at radius 1 is 1.20 bits per heavy atom. The minimum absolute atomic E-state index is 0.821. The molecule has 0 aromatic carbocycles. The molecule has 0 amide bonds. The average molecular weight is 275 g/mol. The zero-order chi connectivity index (χ0) is 11.1. The van der Waals surface area contributed by atoms with E-state index >= 15 is 0 Å². The number of alkyl halides is 1. The van der Waals surface area contributed by atoms with Gasteiger partial charge >= 0.3 is 0 Å². The van der Waals surface area contributed by atoms with Crippen LogP contribution >= 0.6 is 15.9 Å². The Kier molecular flexibility index (Phi) is 6.96. The summed E-state index contributed by atoms with van der Waals surface area (Å²) in [5.74, 6) is 1.97. The second-order valence-electron chi connectivity index (χ2n) is 5.21. The lowest BCUT2D eigenvalue weighted by atomic mass is 9.80. The van der Waals surface area contributed by atoms with Crippen LogP contribution in [0.1, 0.15) is 71.6 Å². The number of rotatable bonds is 6. The monoisotopic (exact) mass is 274 g/mol. The molecule has 1 saturated carbocycles. The van der Waals surface area contributed by atoms with Crippen LogP contribution in [0.3, 0.4) is 0 Å². The summed E-state index contributed by atoms with van der Waals surface area (Å²) in [5, 5.41) is 0. The van der Waals surface area contributed by atoms with Gasteiger partial charge in [-0.15, -0.1) is 0 Å². The van der Waals surface area contributed by atoms with E-state index < -0.39 is 0 Å². The van der Waals surface area contributed by atoms with Crippen molar-refractivity contribution in [2.75, 3.05) is 0 Å². The van der Waals surface area contributed by atoms with E-state index in [4.69, 9.17) is 0 Å². The predicted octanol–water partition coefficient (Wildman–Crippen LogP) is 5.55. The molecular formula is C14H27Br. The Labute approximate surface area is 104 Å². The van der Waals surface area contributed by atoms with Gasteiger partial charge in [0.2, 0.25) is 0 Å². The van der Waals surface area contributed by atoms with Crippen LogP contribution in [-0.4, -0.2) is 4.83 Å².